The summed E-state index contributed by atoms with van der Waals surface area (Å²) < 4.78 is 11.6. The van der Waals surface area contributed by atoms with E-state index in [-0.39, 0.29) is 0 Å². The van der Waals surface area contributed by atoms with E-state index in [1.807, 2.05) is 12.1 Å². The Morgan fingerprint density at radius 2 is 1.92 bits per heavy atom. The summed E-state index contributed by atoms with van der Waals surface area (Å²) in [6, 6.07) is 6.29. The summed E-state index contributed by atoms with van der Waals surface area (Å²) in [6.07, 6.45) is 4.11. The average Bonchev–Trinajstić information content (AvgIpc) is 2.52. The van der Waals surface area contributed by atoms with Gasteiger partial charge < -0.3 is 14.4 Å². The molecule has 0 bridgehead atoms. The SMILES string of the molecule is C=CCc1cc(C)ccc1OCCOCCN1C[C@H](C)C[C@@H](C)C1. The van der Waals surface area contributed by atoms with Gasteiger partial charge in [-0.1, -0.05) is 37.6 Å². The molecule has 0 N–H and O–H groups in total. The van der Waals surface area contributed by atoms with Crippen molar-refractivity contribution in [3.63, 3.8) is 0 Å². The monoisotopic (exact) mass is 331 g/mol. The molecule has 24 heavy (non-hydrogen) atoms. The van der Waals surface area contributed by atoms with E-state index in [1.54, 1.807) is 0 Å². The number of hydrogen-bond acceptors (Lipinski definition) is 3. The molecule has 0 aliphatic carbocycles. The molecule has 1 aromatic rings. The Hall–Kier alpha value is -1.32. The second-order valence-corrected chi connectivity index (χ2v) is 7.27. The van der Waals surface area contributed by atoms with Gasteiger partial charge in [0.05, 0.1) is 13.2 Å². The first-order chi connectivity index (χ1) is 11.6. The largest absolute Gasteiger partial charge is 0.491 e. The van der Waals surface area contributed by atoms with Crippen LogP contribution in [0.5, 0.6) is 5.75 Å². The van der Waals surface area contributed by atoms with E-state index in [0.29, 0.717) is 13.2 Å². The third kappa shape index (κ3) is 6.29. The van der Waals surface area contributed by atoms with Gasteiger partial charge in [-0.05, 0) is 43.2 Å². The van der Waals surface area contributed by atoms with Crippen LogP contribution in [-0.4, -0.2) is 44.4 Å². The number of piperidine rings is 1. The highest BCUT2D eigenvalue weighted by Gasteiger charge is 2.21. The van der Waals surface area contributed by atoms with Crippen molar-refractivity contribution in [2.24, 2.45) is 11.8 Å². The Morgan fingerprint density at radius 1 is 1.17 bits per heavy atom. The number of nitrogens with zero attached hydrogens (tertiary/aromatic N) is 1. The number of benzene rings is 1. The standard InChI is InChI=1S/C21H33NO2/c1-5-6-20-14-17(2)7-8-21(20)24-12-11-23-10-9-22-15-18(3)13-19(4)16-22/h5,7-8,14,18-19H,1,6,9-13,15-16H2,2-4H3/t18-,19-/m1/s1. The van der Waals surface area contributed by atoms with Crippen molar-refractivity contribution in [3.8, 4) is 5.75 Å². The predicted octanol–water partition coefficient (Wildman–Crippen LogP) is 4.10. The maximum Gasteiger partial charge on any atom is 0.122 e. The summed E-state index contributed by atoms with van der Waals surface area (Å²) >= 11 is 0. The van der Waals surface area contributed by atoms with Gasteiger partial charge in [0.15, 0.2) is 0 Å². The first kappa shape index (κ1) is 19.0. The van der Waals surface area contributed by atoms with Crippen LogP contribution in [0, 0.1) is 18.8 Å². The van der Waals surface area contributed by atoms with Crippen molar-refractivity contribution in [2.45, 2.75) is 33.6 Å². The molecule has 0 saturated carbocycles. The first-order valence-corrected chi connectivity index (χ1v) is 9.21. The lowest BCUT2D eigenvalue weighted by molar-refractivity contribution is 0.0594. The lowest BCUT2D eigenvalue weighted by Gasteiger charge is -2.34. The van der Waals surface area contributed by atoms with Gasteiger partial charge in [-0.15, -0.1) is 6.58 Å². The topological polar surface area (TPSA) is 21.7 Å². The van der Waals surface area contributed by atoms with E-state index in [2.05, 4.69) is 44.4 Å². The molecule has 1 aliphatic rings. The van der Waals surface area contributed by atoms with Gasteiger partial charge in [0.25, 0.3) is 0 Å². The van der Waals surface area contributed by atoms with Crippen LogP contribution in [0.25, 0.3) is 0 Å². The number of rotatable bonds is 9. The highest BCUT2D eigenvalue weighted by Crippen LogP contribution is 2.21. The van der Waals surface area contributed by atoms with Crippen LogP contribution in [0.4, 0.5) is 0 Å². The van der Waals surface area contributed by atoms with Crippen molar-refractivity contribution in [1.82, 2.24) is 4.90 Å². The van der Waals surface area contributed by atoms with Crippen LogP contribution in [0.3, 0.4) is 0 Å². The zero-order valence-corrected chi connectivity index (χ0v) is 15.6. The second-order valence-electron chi connectivity index (χ2n) is 7.27. The van der Waals surface area contributed by atoms with Gasteiger partial charge in [0.1, 0.15) is 12.4 Å². The van der Waals surface area contributed by atoms with Crippen LogP contribution in [0.1, 0.15) is 31.4 Å². The van der Waals surface area contributed by atoms with Crippen LogP contribution in [0.15, 0.2) is 30.9 Å². The van der Waals surface area contributed by atoms with Crippen LogP contribution in [-0.2, 0) is 11.2 Å². The minimum absolute atomic E-state index is 0.597. The molecule has 1 aromatic carbocycles. The van der Waals surface area contributed by atoms with E-state index < -0.39 is 0 Å². The fourth-order valence-corrected chi connectivity index (χ4v) is 3.64. The van der Waals surface area contributed by atoms with Crippen molar-refractivity contribution >= 4 is 0 Å². The number of aryl methyl sites for hydroxylation is 1. The summed E-state index contributed by atoms with van der Waals surface area (Å²) in [5.74, 6) is 2.56. The third-order valence-corrected chi connectivity index (χ3v) is 4.56. The molecule has 1 fully saturated rings. The molecule has 3 nitrogen and oxygen atoms in total. The van der Waals surface area contributed by atoms with Gasteiger partial charge in [-0.25, -0.2) is 0 Å². The fraction of sp³-hybridized carbons (Fsp3) is 0.619. The lowest BCUT2D eigenvalue weighted by atomic mass is 9.92. The minimum Gasteiger partial charge on any atom is -0.491 e. The van der Waals surface area contributed by atoms with Gasteiger partial charge in [0, 0.05) is 19.6 Å². The number of ether oxygens (including phenoxy) is 2. The summed E-state index contributed by atoms with van der Waals surface area (Å²) in [6.45, 7) is 16.1. The Balaban J connectivity index is 1.64. The third-order valence-electron chi connectivity index (χ3n) is 4.56. The van der Waals surface area contributed by atoms with E-state index in [9.17, 15) is 0 Å². The smallest absolute Gasteiger partial charge is 0.122 e. The van der Waals surface area contributed by atoms with Crippen molar-refractivity contribution < 1.29 is 9.47 Å². The maximum atomic E-state index is 5.88. The molecule has 1 saturated heterocycles. The molecule has 2 rings (SSSR count). The maximum absolute atomic E-state index is 5.88. The lowest BCUT2D eigenvalue weighted by Crippen LogP contribution is -2.40. The number of hydrogen-bond donors (Lipinski definition) is 0. The molecular weight excluding hydrogens is 298 g/mol. The summed E-state index contributed by atoms with van der Waals surface area (Å²) in [7, 11) is 0. The second kappa shape index (κ2) is 9.85. The Kier molecular flexibility index (Phi) is 7.80. The molecule has 1 aliphatic heterocycles. The summed E-state index contributed by atoms with van der Waals surface area (Å²) in [5, 5.41) is 0. The van der Waals surface area contributed by atoms with E-state index >= 15 is 0 Å². The summed E-state index contributed by atoms with van der Waals surface area (Å²) in [4.78, 5) is 2.53. The van der Waals surface area contributed by atoms with E-state index in [1.165, 1.54) is 30.6 Å². The van der Waals surface area contributed by atoms with Gasteiger partial charge in [-0.3, -0.25) is 0 Å². The minimum atomic E-state index is 0.597. The van der Waals surface area contributed by atoms with Crippen molar-refractivity contribution in [1.29, 1.82) is 0 Å². The molecule has 134 valence electrons. The molecule has 2 atom stereocenters. The highest BCUT2D eigenvalue weighted by atomic mass is 16.5. The molecule has 3 heteroatoms. The summed E-state index contributed by atoms with van der Waals surface area (Å²) in [5.41, 5.74) is 2.45. The van der Waals surface area contributed by atoms with E-state index in [0.717, 1.165) is 37.2 Å². The zero-order chi connectivity index (χ0) is 17.4. The van der Waals surface area contributed by atoms with Crippen molar-refractivity contribution in [2.75, 3.05) is 39.5 Å². The number of allylic oxidation sites excluding steroid dienone is 1. The van der Waals surface area contributed by atoms with E-state index in [4.69, 9.17) is 9.47 Å². The van der Waals surface area contributed by atoms with Crippen molar-refractivity contribution in [3.05, 3.63) is 42.0 Å². The highest BCUT2D eigenvalue weighted by molar-refractivity contribution is 5.38. The average molecular weight is 332 g/mol. The van der Waals surface area contributed by atoms with Gasteiger partial charge in [-0.2, -0.15) is 0 Å². The van der Waals surface area contributed by atoms with Crippen LogP contribution >= 0.6 is 0 Å². The fourth-order valence-electron chi connectivity index (χ4n) is 3.64. The quantitative estimate of drug-likeness (QED) is 0.502. The van der Waals surface area contributed by atoms with Crippen LogP contribution in [0.2, 0.25) is 0 Å². The molecule has 0 spiro atoms. The Labute approximate surface area is 147 Å². The first-order valence-electron chi connectivity index (χ1n) is 9.21. The predicted molar refractivity (Wildman–Crippen MR) is 101 cm³/mol. The molecule has 0 radical (unpaired) electrons. The number of likely N-dealkylation sites (tertiary alicyclic amines) is 1. The molecular formula is C21H33NO2. The molecule has 0 aromatic heterocycles. The normalized spacial score (nSPS) is 21.6. The molecule has 1 heterocycles. The van der Waals surface area contributed by atoms with Crippen LogP contribution < -0.4 is 4.74 Å². The zero-order valence-electron chi connectivity index (χ0n) is 15.6. The van der Waals surface area contributed by atoms with Gasteiger partial charge >= 0.3 is 0 Å². The Bertz CT molecular complexity index is 505. The Morgan fingerprint density at radius 3 is 2.62 bits per heavy atom. The molecule has 0 unspecified atom stereocenters. The molecule has 0 amide bonds. The van der Waals surface area contributed by atoms with Gasteiger partial charge in [0.2, 0.25) is 0 Å².